The molecular formula is C4H5BrN2. The lowest BCUT2D eigenvalue weighted by Crippen LogP contribution is -1.71. The Morgan fingerprint density at radius 3 is 2.43 bits per heavy atom. The zero-order valence-corrected chi connectivity index (χ0v) is 5.35. The Bertz CT molecular complexity index is 106. The van der Waals surface area contributed by atoms with E-state index in [1.807, 2.05) is 0 Å². The number of aliphatic imine (C=N–C) groups is 2. The van der Waals surface area contributed by atoms with Gasteiger partial charge in [-0.3, -0.25) is 0 Å². The van der Waals surface area contributed by atoms with E-state index in [0.29, 0.717) is 4.74 Å². The first-order valence-electron chi connectivity index (χ1n) is 1.62. The van der Waals surface area contributed by atoms with E-state index in [-0.39, 0.29) is 0 Å². The number of halogens is 1. The van der Waals surface area contributed by atoms with E-state index in [0.717, 1.165) is 0 Å². The molecule has 0 heterocycles. The minimum atomic E-state index is 0.461. The van der Waals surface area contributed by atoms with Crippen LogP contribution in [-0.4, -0.2) is 11.5 Å². The van der Waals surface area contributed by atoms with Gasteiger partial charge in [-0.15, -0.1) is 0 Å². The molecule has 0 fully saturated rings. The molecule has 0 aromatic carbocycles. The van der Waals surface area contributed by atoms with Gasteiger partial charge in [-0.2, -0.15) is 0 Å². The third kappa shape index (κ3) is 3.39. The molecule has 0 aromatic rings. The standard InChI is InChI=1S/C4H5BrN2/c1-3-7-4(5)6-2/h3H,1-2H2. The molecule has 0 saturated carbocycles. The van der Waals surface area contributed by atoms with Crippen LogP contribution >= 0.6 is 15.9 Å². The molecule has 7 heavy (non-hydrogen) atoms. The molecule has 0 aliphatic carbocycles. The Labute approximate surface area is 50.8 Å². The average Bonchev–Trinajstić information content (AvgIpc) is 1.68. The topological polar surface area (TPSA) is 24.7 Å². The molecule has 0 unspecified atom stereocenters. The van der Waals surface area contributed by atoms with E-state index in [9.17, 15) is 0 Å². The van der Waals surface area contributed by atoms with Crippen LogP contribution in [0.15, 0.2) is 22.8 Å². The van der Waals surface area contributed by atoms with Crippen molar-refractivity contribution in [3.05, 3.63) is 12.8 Å². The second kappa shape index (κ2) is 3.74. The van der Waals surface area contributed by atoms with E-state index in [4.69, 9.17) is 0 Å². The zero-order valence-electron chi connectivity index (χ0n) is 3.76. The second-order valence-electron chi connectivity index (χ2n) is 0.739. The van der Waals surface area contributed by atoms with Gasteiger partial charge in [0.1, 0.15) is 0 Å². The third-order valence-corrected chi connectivity index (χ3v) is 0.784. The van der Waals surface area contributed by atoms with Crippen LogP contribution in [0.1, 0.15) is 0 Å². The summed E-state index contributed by atoms with van der Waals surface area (Å²) in [5, 5.41) is 0. The molecule has 0 amide bonds. The fraction of sp³-hybridized carbons (Fsp3) is 0. The molecule has 0 aliphatic rings. The first-order chi connectivity index (χ1) is 3.31. The van der Waals surface area contributed by atoms with Crippen molar-refractivity contribution in [2.75, 3.05) is 0 Å². The Balaban J connectivity index is 3.72. The van der Waals surface area contributed by atoms with E-state index in [2.05, 4.69) is 39.2 Å². The highest BCUT2D eigenvalue weighted by Gasteiger charge is 1.75. The molecule has 0 spiro atoms. The average molecular weight is 161 g/mol. The fourth-order valence-corrected chi connectivity index (χ4v) is 0.261. The van der Waals surface area contributed by atoms with Crippen LogP contribution < -0.4 is 0 Å². The minimum absolute atomic E-state index is 0.461. The molecule has 0 aromatic heterocycles. The highest BCUT2D eigenvalue weighted by molar-refractivity contribution is 9.18. The monoisotopic (exact) mass is 160 g/mol. The molecule has 38 valence electrons. The SMILES string of the molecule is C=CN=C(Br)N=C. The second-order valence-corrected chi connectivity index (χ2v) is 1.45. The van der Waals surface area contributed by atoms with Gasteiger partial charge in [0, 0.05) is 6.20 Å². The van der Waals surface area contributed by atoms with Crippen LogP contribution in [0.5, 0.6) is 0 Å². The predicted molar refractivity (Wildman–Crippen MR) is 36.1 cm³/mol. The molecule has 0 N–H and O–H groups in total. The van der Waals surface area contributed by atoms with Crippen LogP contribution in [0.25, 0.3) is 0 Å². The summed E-state index contributed by atoms with van der Waals surface area (Å²) < 4.78 is 0.461. The normalized spacial score (nSPS) is 10.7. The van der Waals surface area contributed by atoms with Crippen molar-refractivity contribution >= 4 is 27.4 Å². The molecule has 0 atom stereocenters. The Morgan fingerprint density at radius 2 is 2.29 bits per heavy atom. The van der Waals surface area contributed by atoms with Gasteiger partial charge in [0.15, 0.2) is 4.74 Å². The van der Waals surface area contributed by atoms with Crippen LogP contribution in [0.3, 0.4) is 0 Å². The number of hydrogen-bond acceptors (Lipinski definition) is 1. The summed E-state index contributed by atoms with van der Waals surface area (Å²) >= 11 is 2.99. The molecule has 3 heteroatoms. The predicted octanol–water partition coefficient (Wildman–Crippen LogP) is 1.58. The molecule has 2 nitrogen and oxygen atoms in total. The summed E-state index contributed by atoms with van der Waals surface area (Å²) in [6.07, 6.45) is 1.39. The van der Waals surface area contributed by atoms with E-state index in [1.165, 1.54) is 6.20 Å². The fourth-order valence-electron chi connectivity index (χ4n) is 0.116. The van der Waals surface area contributed by atoms with Crippen LogP contribution in [0, 0.1) is 0 Å². The number of hydrogen-bond donors (Lipinski definition) is 0. The first kappa shape index (κ1) is 6.56. The van der Waals surface area contributed by atoms with Gasteiger partial charge in [-0.25, -0.2) is 9.98 Å². The van der Waals surface area contributed by atoms with Crippen molar-refractivity contribution in [1.82, 2.24) is 0 Å². The summed E-state index contributed by atoms with van der Waals surface area (Å²) in [7, 11) is 0. The zero-order chi connectivity index (χ0) is 5.70. The molecular weight excluding hydrogens is 156 g/mol. The molecule has 0 radical (unpaired) electrons. The van der Waals surface area contributed by atoms with Crippen LogP contribution in [-0.2, 0) is 0 Å². The van der Waals surface area contributed by atoms with E-state index < -0.39 is 0 Å². The quantitative estimate of drug-likeness (QED) is 0.317. The largest absolute Gasteiger partial charge is 0.239 e. The van der Waals surface area contributed by atoms with Crippen molar-refractivity contribution in [1.29, 1.82) is 0 Å². The molecule has 0 aliphatic heterocycles. The number of nitrogens with zero attached hydrogens (tertiary/aromatic N) is 2. The van der Waals surface area contributed by atoms with Crippen molar-refractivity contribution in [3.63, 3.8) is 0 Å². The summed E-state index contributed by atoms with van der Waals surface area (Å²) in [5.74, 6) is 0. The van der Waals surface area contributed by atoms with Gasteiger partial charge in [-0.1, -0.05) is 6.58 Å². The Kier molecular flexibility index (Phi) is 3.50. The van der Waals surface area contributed by atoms with Gasteiger partial charge < -0.3 is 0 Å². The maximum absolute atomic E-state index is 3.61. The maximum Gasteiger partial charge on any atom is 0.195 e. The third-order valence-electron chi connectivity index (χ3n) is 0.328. The smallest absolute Gasteiger partial charge is 0.195 e. The van der Waals surface area contributed by atoms with Crippen molar-refractivity contribution in [2.45, 2.75) is 0 Å². The summed E-state index contributed by atoms with van der Waals surface area (Å²) in [4.78, 5) is 7.03. The molecule has 0 rings (SSSR count). The van der Waals surface area contributed by atoms with Gasteiger partial charge in [-0.05, 0) is 22.6 Å². The van der Waals surface area contributed by atoms with E-state index in [1.54, 1.807) is 0 Å². The van der Waals surface area contributed by atoms with Crippen molar-refractivity contribution in [3.8, 4) is 0 Å². The Hall–Kier alpha value is -0.440. The van der Waals surface area contributed by atoms with E-state index >= 15 is 0 Å². The highest BCUT2D eigenvalue weighted by Crippen LogP contribution is 1.88. The first-order valence-corrected chi connectivity index (χ1v) is 2.41. The molecule has 0 bridgehead atoms. The lowest BCUT2D eigenvalue weighted by Gasteiger charge is -1.76. The van der Waals surface area contributed by atoms with Crippen LogP contribution in [0.2, 0.25) is 0 Å². The van der Waals surface area contributed by atoms with Gasteiger partial charge >= 0.3 is 0 Å². The summed E-state index contributed by atoms with van der Waals surface area (Å²) in [5.41, 5.74) is 0. The number of rotatable bonds is 1. The molecule has 0 saturated heterocycles. The van der Waals surface area contributed by atoms with Crippen molar-refractivity contribution in [2.24, 2.45) is 9.98 Å². The van der Waals surface area contributed by atoms with Gasteiger partial charge in [0.2, 0.25) is 0 Å². The lowest BCUT2D eigenvalue weighted by molar-refractivity contribution is 1.57. The number of amidine groups is 1. The summed E-state index contributed by atoms with van der Waals surface area (Å²) in [6, 6.07) is 0. The highest BCUT2D eigenvalue weighted by atomic mass is 79.9. The van der Waals surface area contributed by atoms with Gasteiger partial charge in [0.25, 0.3) is 0 Å². The lowest BCUT2D eigenvalue weighted by atomic mass is 11.0. The minimum Gasteiger partial charge on any atom is -0.239 e. The van der Waals surface area contributed by atoms with Gasteiger partial charge in [0.05, 0.1) is 0 Å². The summed E-state index contributed by atoms with van der Waals surface area (Å²) in [6.45, 7) is 6.55. The Morgan fingerprint density at radius 1 is 1.71 bits per heavy atom. The maximum atomic E-state index is 3.61. The van der Waals surface area contributed by atoms with Crippen molar-refractivity contribution < 1.29 is 0 Å². The van der Waals surface area contributed by atoms with Crippen LogP contribution in [0.4, 0.5) is 0 Å².